The number of hydrogen-bond acceptors (Lipinski definition) is 10. The zero-order valence-electron chi connectivity index (χ0n) is 30.2. The molecule has 0 aliphatic carbocycles. The van der Waals surface area contributed by atoms with E-state index in [2.05, 4.69) is 43.8 Å². The minimum absolute atomic E-state index is 0.00617. The fraction of sp³-hybridized carbons (Fsp3) is 0.571. The van der Waals surface area contributed by atoms with Crippen molar-refractivity contribution in [3.8, 4) is 11.5 Å². The van der Waals surface area contributed by atoms with E-state index >= 15 is 0 Å². The van der Waals surface area contributed by atoms with Crippen molar-refractivity contribution in [1.29, 1.82) is 0 Å². The van der Waals surface area contributed by atoms with Crippen molar-refractivity contribution in [3.63, 3.8) is 0 Å². The number of hydrogen-bond donors (Lipinski definition) is 1. The van der Waals surface area contributed by atoms with E-state index < -0.39 is 39.5 Å². The minimum Gasteiger partial charge on any atom is -0.497 e. The number of oxime groups is 1. The molecule has 0 spiro atoms. The fourth-order valence-corrected chi connectivity index (χ4v) is 4.78. The van der Waals surface area contributed by atoms with Crippen LogP contribution in [0.4, 0.5) is 5.69 Å². The lowest BCUT2D eigenvalue weighted by atomic mass is 10.0. The average Bonchev–Trinajstić information content (AvgIpc) is 2.95. The molecule has 0 radical (unpaired) electrons. The third-order valence-corrected chi connectivity index (χ3v) is 11.1. The Bertz CT molecular complexity index is 1410. The number of ether oxygens (including phenoxy) is 4. The van der Waals surface area contributed by atoms with Gasteiger partial charge in [0.25, 0.3) is 0 Å². The predicted octanol–water partition coefficient (Wildman–Crippen LogP) is 8.10. The van der Waals surface area contributed by atoms with E-state index in [4.69, 9.17) is 39.6 Å². The first-order valence-electron chi connectivity index (χ1n) is 15.5. The van der Waals surface area contributed by atoms with Crippen LogP contribution in [0.3, 0.4) is 0 Å². The molecular weight excluding hydrogens is 644 g/mol. The summed E-state index contributed by atoms with van der Waals surface area (Å²) in [7, 11) is 0.202. The molecule has 2 aromatic carbocycles. The van der Waals surface area contributed by atoms with Gasteiger partial charge in [-0.3, -0.25) is 0 Å². The number of rotatable bonds is 15. The molecule has 0 aliphatic rings. The summed E-state index contributed by atoms with van der Waals surface area (Å²) in [6.07, 6.45) is 4.25. The smallest absolute Gasteiger partial charge is 0.353 e. The number of carbonyl (C=O) groups excluding carboxylic acids is 2. The molecule has 0 aromatic heterocycles. The monoisotopic (exact) mass is 696 g/mol. The van der Waals surface area contributed by atoms with Gasteiger partial charge in [0.1, 0.15) is 23.7 Å². The van der Waals surface area contributed by atoms with Gasteiger partial charge in [0, 0.05) is 32.7 Å². The van der Waals surface area contributed by atoms with Gasteiger partial charge in [-0.2, -0.15) is 0 Å². The highest BCUT2D eigenvalue weighted by Crippen LogP contribution is 2.53. The van der Waals surface area contributed by atoms with Gasteiger partial charge in [-0.1, -0.05) is 43.6 Å². The maximum atomic E-state index is 13.4. The molecule has 0 heterocycles. The second-order valence-electron chi connectivity index (χ2n) is 13.8. The number of carbonyl (C=O) groups is 2. The number of nitrogens with one attached hydrogen (secondary N) is 1. The van der Waals surface area contributed by atoms with Crippen LogP contribution in [0.25, 0.3) is 0 Å². The third kappa shape index (κ3) is 12.1. The lowest BCUT2D eigenvalue weighted by Gasteiger charge is -2.43. The molecule has 0 saturated carbocycles. The van der Waals surface area contributed by atoms with Crippen LogP contribution < -0.4 is 14.8 Å². The maximum Gasteiger partial charge on any atom is 0.353 e. The Balaban J connectivity index is 2.41. The molecule has 0 amide bonds. The van der Waals surface area contributed by atoms with Gasteiger partial charge in [-0.25, -0.2) is 9.59 Å². The molecule has 1 N–H and O–H groups in total. The molecule has 10 nitrogen and oxygen atoms in total. The Morgan fingerprint density at radius 2 is 1.64 bits per heavy atom. The Labute approximate surface area is 287 Å². The molecule has 264 valence electrons. The van der Waals surface area contributed by atoms with E-state index in [0.29, 0.717) is 45.7 Å². The number of nitrogens with zero attached hydrogens (tertiary/aromatic N) is 1. The number of esters is 2. The van der Waals surface area contributed by atoms with Gasteiger partial charge in [-0.05, 0) is 85.2 Å². The van der Waals surface area contributed by atoms with Crippen LogP contribution in [-0.2, 0) is 28.1 Å². The Morgan fingerprint density at radius 1 is 0.979 bits per heavy atom. The third-order valence-electron chi connectivity index (χ3n) is 7.17. The second-order valence-corrected chi connectivity index (χ2v) is 18.1. The van der Waals surface area contributed by atoms with Crippen LogP contribution in [0, 0.1) is 0 Å². The highest BCUT2D eigenvalue weighted by Gasteiger charge is 2.35. The first-order chi connectivity index (χ1) is 21.6. The summed E-state index contributed by atoms with van der Waals surface area (Å²) in [4.78, 5) is 31.7. The summed E-state index contributed by atoms with van der Waals surface area (Å²) in [6, 6.07) is 9.44. The van der Waals surface area contributed by atoms with Gasteiger partial charge in [0.2, 0.25) is 5.60 Å². The average molecular weight is 697 g/mol. The molecule has 2 aromatic rings. The molecule has 1 atom stereocenters. The molecule has 0 saturated heterocycles. The Hall–Kier alpha value is -3.15. The van der Waals surface area contributed by atoms with Crippen molar-refractivity contribution >= 4 is 45.2 Å². The van der Waals surface area contributed by atoms with Crippen molar-refractivity contribution in [1.82, 2.24) is 0 Å². The van der Waals surface area contributed by atoms with E-state index in [9.17, 15) is 9.59 Å². The van der Waals surface area contributed by atoms with E-state index in [0.717, 1.165) is 0 Å². The van der Waals surface area contributed by atoms with Crippen molar-refractivity contribution in [3.05, 3.63) is 52.5 Å². The van der Waals surface area contributed by atoms with Crippen LogP contribution >= 0.6 is 21.9 Å². The molecular formula is C35H53ClN2O8S. The highest BCUT2D eigenvalue weighted by atomic mass is 35.5. The first kappa shape index (κ1) is 40.0. The molecule has 1 unspecified atom stereocenters. The highest BCUT2D eigenvalue weighted by molar-refractivity contribution is 8.29. The van der Waals surface area contributed by atoms with Crippen LogP contribution in [0.5, 0.6) is 11.5 Å². The van der Waals surface area contributed by atoms with Crippen molar-refractivity contribution < 1.29 is 37.6 Å². The first-order valence-corrected chi connectivity index (χ1v) is 18.2. The van der Waals surface area contributed by atoms with Gasteiger partial charge >= 0.3 is 11.9 Å². The summed E-state index contributed by atoms with van der Waals surface area (Å²) in [5, 5.41) is 7.97. The number of anilines is 1. The van der Waals surface area contributed by atoms with Gasteiger partial charge in [0.15, 0.2) is 6.04 Å². The van der Waals surface area contributed by atoms with Gasteiger partial charge in [-0.15, -0.1) is 10.3 Å². The topological polar surface area (TPSA) is 114 Å². The molecule has 0 fully saturated rings. The Morgan fingerprint density at radius 3 is 2.21 bits per heavy atom. The molecule has 12 heteroatoms. The van der Waals surface area contributed by atoms with E-state index in [1.54, 1.807) is 84.9 Å². The van der Waals surface area contributed by atoms with Crippen molar-refractivity contribution in [2.75, 3.05) is 44.8 Å². The molecule has 0 aliphatic heterocycles. The molecule has 0 bridgehead atoms. The van der Waals surface area contributed by atoms with Crippen LogP contribution in [0.1, 0.15) is 86.4 Å². The van der Waals surface area contributed by atoms with E-state index in [1.165, 1.54) is 7.11 Å². The molecule has 47 heavy (non-hydrogen) atoms. The van der Waals surface area contributed by atoms with Crippen LogP contribution in [-0.4, -0.2) is 73.0 Å². The lowest BCUT2D eigenvalue weighted by Crippen LogP contribution is -2.40. The SMILES string of the molecule is CCOC(=O)C(Nc1cc(OC)cc(/C(C)=N/OC(C)(C)C(=O)OC(C)(C)C)c1)c1ccc(Cl)cc1OCCOS(C)(C)C(C)(C)C. The van der Waals surface area contributed by atoms with Gasteiger partial charge < -0.3 is 33.3 Å². The standard InChI is InChI=1S/C35H53ClN2O8S/c1-14-42-31(39)30(28-16-15-25(36)21-29(28)43-17-18-44-47(12,13)34(6,7)8)37-26-19-24(20-27(22-26)41-11)23(2)38-46-35(9,10)32(40)45-33(3,4)5/h15-16,19-22,30,37H,14,17-18H2,1-13H3/b38-23+. The van der Waals surface area contributed by atoms with Crippen molar-refractivity contribution in [2.24, 2.45) is 5.16 Å². The zero-order valence-corrected chi connectivity index (χ0v) is 31.7. The quantitative estimate of drug-likeness (QED) is 0.0854. The largest absolute Gasteiger partial charge is 0.497 e. The normalized spacial score (nSPS) is 13.8. The maximum absolute atomic E-state index is 13.4. The number of halogens is 1. The van der Waals surface area contributed by atoms with E-state index in [1.807, 2.05) is 0 Å². The molecule has 2 rings (SSSR count). The zero-order chi connectivity index (χ0) is 35.8. The summed E-state index contributed by atoms with van der Waals surface area (Å²) in [6.45, 7) is 19.3. The van der Waals surface area contributed by atoms with E-state index in [-0.39, 0.29) is 18.0 Å². The lowest BCUT2D eigenvalue weighted by molar-refractivity contribution is -0.179. The second kappa shape index (κ2) is 16.3. The summed E-state index contributed by atoms with van der Waals surface area (Å²) >= 11 is 6.36. The van der Waals surface area contributed by atoms with Crippen LogP contribution in [0.15, 0.2) is 41.6 Å². The summed E-state index contributed by atoms with van der Waals surface area (Å²) in [5.74, 6) is -0.124. The minimum atomic E-state index is -1.34. The summed E-state index contributed by atoms with van der Waals surface area (Å²) in [5.41, 5.74) is 0.163. The predicted molar refractivity (Wildman–Crippen MR) is 191 cm³/mol. The van der Waals surface area contributed by atoms with Gasteiger partial charge in [0.05, 0.1) is 26.0 Å². The number of methoxy groups -OCH3 is 1. The van der Waals surface area contributed by atoms with Crippen LogP contribution in [0.2, 0.25) is 5.02 Å². The fourth-order valence-electron chi connectivity index (χ4n) is 3.78. The Kier molecular flexibility index (Phi) is 13.9. The number of benzene rings is 2. The van der Waals surface area contributed by atoms with Crippen molar-refractivity contribution in [2.45, 2.75) is 91.2 Å². The summed E-state index contributed by atoms with van der Waals surface area (Å²) < 4.78 is 28.9.